The minimum absolute atomic E-state index is 0.110. The van der Waals surface area contributed by atoms with Crippen LogP contribution in [0.5, 0.6) is 0 Å². The van der Waals surface area contributed by atoms with Crippen LogP contribution in [0.25, 0.3) is 5.65 Å². The van der Waals surface area contributed by atoms with E-state index in [0.29, 0.717) is 18.0 Å². The van der Waals surface area contributed by atoms with E-state index in [-0.39, 0.29) is 5.78 Å². The van der Waals surface area contributed by atoms with E-state index in [2.05, 4.69) is 65.8 Å². The van der Waals surface area contributed by atoms with E-state index in [1.807, 2.05) is 53.9 Å². The summed E-state index contributed by atoms with van der Waals surface area (Å²) in [5, 5.41) is 0. The first-order chi connectivity index (χ1) is 17.9. The number of hydrogen-bond acceptors (Lipinski definition) is 4. The van der Waals surface area contributed by atoms with Gasteiger partial charge in [0.1, 0.15) is 11.3 Å². The summed E-state index contributed by atoms with van der Waals surface area (Å²) >= 11 is 0. The Labute approximate surface area is 219 Å². The van der Waals surface area contributed by atoms with Crippen LogP contribution in [0.4, 0.5) is 0 Å². The number of rotatable bonds is 6. The van der Waals surface area contributed by atoms with Crippen LogP contribution in [-0.2, 0) is 13.0 Å². The molecule has 2 aromatic heterocycles. The second-order valence-electron chi connectivity index (χ2n) is 10.4. The van der Waals surface area contributed by atoms with E-state index in [1.165, 1.54) is 17.5 Å². The Morgan fingerprint density at radius 1 is 1.05 bits per heavy atom. The van der Waals surface area contributed by atoms with Gasteiger partial charge in [0, 0.05) is 49.4 Å². The Balaban J connectivity index is 1.28. The largest absolute Gasteiger partial charge is 0.305 e. The summed E-state index contributed by atoms with van der Waals surface area (Å²) in [6.45, 7) is 7.40. The maximum Gasteiger partial charge on any atom is 0.167 e. The van der Waals surface area contributed by atoms with E-state index >= 15 is 0 Å². The monoisotopic (exact) mass is 490 g/mol. The van der Waals surface area contributed by atoms with E-state index in [1.54, 1.807) is 6.20 Å². The van der Waals surface area contributed by atoms with E-state index in [0.717, 1.165) is 47.7 Å². The first kappa shape index (κ1) is 25.0. The van der Waals surface area contributed by atoms with Gasteiger partial charge in [0.25, 0.3) is 0 Å². The van der Waals surface area contributed by atoms with Gasteiger partial charge >= 0.3 is 0 Å². The third kappa shape index (κ3) is 5.67. The van der Waals surface area contributed by atoms with Crippen molar-refractivity contribution in [1.82, 2.24) is 19.2 Å². The van der Waals surface area contributed by atoms with Crippen molar-refractivity contribution < 1.29 is 4.79 Å². The fraction of sp³-hybridized carbons (Fsp3) is 0.312. The molecule has 5 nitrogen and oxygen atoms in total. The molecule has 1 saturated heterocycles. The minimum Gasteiger partial charge on any atom is -0.305 e. The molecular formula is C32H34N4O. The first-order valence-electron chi connectivity index (χ1n) is 12.9. The molecule has 1 aliphatic rings. The number of carbonyl (C=O) groups is 1. The van der Waals surface area contributed by atoms with Gasteiger partial charge in [-0.25, -0.2) is 4.98 Å². The van der Waals surface area contributed by atoms with E-state index in [9.17, 15) is 4.79 Å². The zero-order chi connectivity index (χ0) is 25.9. The van der Waals surface area contributed by atoms with Crippen LogP contribution >= 0.6 is 0 Å². The summed E-state index contributed by atoms with van der Waals surface area (Å²) in [5.41, 5.74) is 7.96. The third-order valence-corrected chi connectivity index (χ3v) is 7.45. The van der Waals surface area contributed by atoms with Gasteiger partial charge in [0.05, 0.1) is 6.20 Å². The lowest BCUT2D eigenvalue weighted by atomic mass is 9.97. The van der Waals surface area contributed by atoms with Gasteiger partial charge in [-0.05, 0) is 80.7 Å². The van der Waals surface area contributed by atoms with E-state index in [4.69, 9.17) is 0 Å². The van der Waals surface area contributed by atoms with Crippen LogP contribution in [0.15, 0.2) is 67.0 Å². The number of imidazole rings is 1. The minimum atomic E-state index is 0.110. The van der Waals surface area contributed by atoms with Gasteiger partial charge in [0.15, 0.2) is 5.78 Å². The lowest BCUT2D eigenvalue weighted by Crippen LogP contribution is -2.31. The summed E-state index contributed by atoms with van der Waals surface area (Å²) in [6, 6.07) is 18.8. The molecule has 3 heterocycles. The number of benzene rings is 2. The average molecular weight is 491 g/mol. The molecule has 1 aliphatic heterocycles. The number of likely N-dealkylation sites (N-methyl/N-ethyl adjacent to an activating group) is 1. The second-order valence-corrected chi connectivity index (χ2v) is 10.4. The number of carbonyl (C=O) groups excluding carboxylic acids is 1. The van der Waals surface area contributed by atoms with Gasteiger partial charge in [-0.3, -0.25) is 14.1 Å². The zero-order valence-corrected chi connectivity index (χ0v) is 22.2. The molecule has 0 radical (unpaired) electrons. The van der Waals surface area contributed by atoms with Crippen LogP contribution in [0.2, 0.25) is 0 Å². The van der Waals surface area contributed by atoms with Crippen molar-refractivity contribution in [2.45, 2.75) is 39.3 Å². The molecule has 2 aromatic carbocycles. The zero-order valence-electron chi connectivity index (χ0n) is 22.2. The number of pyridine rings is 1. The number of ketones is 1. The van der Waals surface area contributed by atoms with Crippen LogP contribution in [0.3, 0.4) is 0 Å². The lowest BCUT2D eigenvalue weighted by molar-refractivity contribution is 0.0993. The predicted octanol–water partition coefficient (Wildman–Crippen LogP) is 4.91. The van der Waals surface area contributed by atoms with Crippen LogP contribution in [0, 0.1) is 25.7 Å². The van der Waals surface area contributed by atoms with Gasteiger partial charge in [0.2, 0.25) is 0 Å². The van der Waals surface area contributed by atoms with Crippen molar-refractivity contribution in [2.24, 2.45) is 0 Å². The fourth-order valence-corrected chi connectivity index (χ4v) is 5.04. The molecule has 5 heteroatoms. The number of likely N-dealkylation sites (tertiary alicyclic amines) is 1. The highest BCUT2D eigenvalue weighted by Gasteiger charge is 2.24. The number of nitrogens with zero attached hydrogens (tertiary/aromatic N) is 4. The standard InChI is InChI=1S/C32H34N4O/c1-23-8-10-27(19-26(23)12-13-29-20-33-32-7-5-6-15-36(29)32)31(37)18-25-9-11-28(24(2)17-25)21-35-16-14-30(22-35)34(3)4/h5-11,15,17,19-20,30H,14,16,18,21-22H2,1-4H3/t30-/m0/s1. The molecule has 0 saturated carbocycles. The molecule has 0 spiro atoms. The Kier molecular flexibility index (Phi) is 7.23. The predicted molar refractivity (Wildman–Crippen MR) is 149 cm³/mol. The summed E-state index contributed by atoms with van der Waals surface area (Å²) in [4.78, 5) is 22.4. The second kappa shape index (κ2) is 10.7. The Morgan fingerprint density at radius 2 is 1.92 bits per heavy atom. The number of hydrogen-bond donors (Lipinski definition) is 0. The Bertz CT molecular complexity index is 1500. The number of Topliss-reactive ketones (excluding diaryl/α,β-unsaturated/α-hetero) is 1. The van der Waals surface area contributed by atoms with Crippen molar-refractivity contribution in [3.8, 4) is 11.8 Å². The van der Waals surface area contributed by atoms with Crippen molar-refractivity contribution in [3.05, 3.63) is 106 Å². The lowest BCUT2D eigenvalue weighted by Gasteiger charge is -2.21. The van der Waals surface area contributed by atoms with Crippen molar-refractivity contribution in [2.75, 3.05) is 27.2 Å². The molecule has 0 bridgehead atoms. The molecule has 188 valence electrons. The summed E-state index contributed by atoms with van der Waals surface area (Å²) in [7, 11) is 4.33. The summed E-state index contributed by atoms with van der Waals surface area (Å²) in [6.07, 6.45) is 5.35. The van der Waals surface area contributed by atoms with Crippen molar-refractivity contribution in [1.29, 1.82) is 0 Å². The highest BCUT2D eigenvalue weighted by molar-refractivity contribution is 5.98. The maximum atomic E-state index is 13.2. The first-order valence-corrected chi connectivity index (χ1v) is 12.9. The SMILES string of the molecule is Cc1ccc(C(=O)Cc2ccc(CN3CC[C@H](N(C)C)C3)c(C)c2)cc1C#Cc1cnc2ccccn12. The van der Waals surface area contributed by atoms with Gasteiger partial charge in [-0.1, -0.05) is 42.3 Å². The topological polar surface area (TPSA) is 40.9 Å². The normalized spacial score (nSPS) is 15.8. The molecular weight excluding hydrogens is 456 g/mol. The molecule has 37 heavy (non-hydrogen) atoms. The van der Waals surface area contributed by atoms with Crippen LogP contribution in [-0.4, -0.2) is 58.2 Å². The average Bonchev–Trinajstić information content (AvgIpc) is 3.52. The van der Waals surface area contributed by atoms with Crippen LogP contribution < -0.4 is 0 Å². The smallest absolute Gasteiger partial charge is 0.167 e. The molecule has 5 rings (SSSR count). The maximum absolute atomic E-state index is 13.2. The highest BCUT2D eigenvalue weighted by Crippen LogP contribution is 2.20. The van der Waals surface area contributed by atoms with Crippen molar-refractivity contribution >= 4 is 11.4 Å². The molecule has 1 atom stereocenters. The fourth-order valence-electron chi connectivity index (χ4n) is 5.04. The summed E-state index contributed by atoms with van der Waals surface area (Å²) in [5.74, 6) is 6.59. The summed E-state index contributed by atoms with van der Waals surface area (Å²) < 4.78 is 1.97. The Morgan fingerprint density at radius 3 is 2.70 bits per heavy atom. The number of aromatic nitrogens is 2. The van der Waals surface area contributed by atoms with Gasteiger partial charge < -0.3 is 4.90 Å². The van der Waals surface area contributed by atoms with E-state index < -0.39 is 0 Å². The quantitative estimate of drug-likeness (QED) is 0.284. The highest BCUT2D eigenvalue weighted by atomic mass is 16.1. The van der Waals surface area contributed by atoms with Gasteiger partial charge in [-0.15, -0.1) is 0 Å². The number of fused-ring (bicyclic) bond motifs is 1. The molecule has 4 aromatic rings. The molecule has 0 unspecified atom stereocenters. The Hall–Kier alpha value is -3.72. The molecule has 0 N–H and O–H groups in total. The molecule has 1 fully saturated rings. The number of aryl methyl sites for hydroxylation is 2. The molecule has 0 amide bonds. The third-order valence-electron chi connectivity index (χ3n) is 7.45. The van der Waals surface area contributed by atoms with Gasteiger partial charge in [-0.2, -0.15) is 0 Å². The van der Waals surface area contributed by atoms with Crippen LogP contribution in [0.1, 0.15) is 50.3 Å². The van der Waals surface area contributed by atoms with Crippen molar-refractivity contribution in [3.63, 3.8) is 0 Å². The molecule has 0 aliphatic carbocycles.